The highest BCUT2D eigenvalue weighted by Gasteiger charge is 2.22. The lowest BCUT2D eigenvalue weighted by Crippen LogP contribution is -2.29. The van der Waals surface area contributed by atoms with Gasteiger partial charge in [-0.15, -0.1) is 0 Å². The SMILES string of the molecule is COc1ccc(Cl)cc1C[C@@H](Oc1cc(C)cc(C)c1)C(=O)O. The number of benzene rings is 2. The van der Waals surface area contributed by atoms with E-state index in [2.05, 4.69) is 0 Å². The van der Waals surface area contributed by atoms with Crippen LogP contribution in [0.5, 0.6) is 11.5 Å². The third-order valence-corrected chi connectivity index (χ3v) is 3.63. The number of carboxylic acid groups (broad SMARTS) is 1. The summed E-state index contributed by atoms with van der Waals surface area (Å²) >= 11 is 5.99. The van der Waals surface area contributed by atoms with E-state index in [9.17, 15) is 9.90 Å². The minimum Gasteiger partial charge on any atom is -0.496 e. The van der Waals surface area contributed by atoms with Crippen LogP contribution in [0, 0.1) is 13.8 Å². The van der Waals surface area contributed by atoms with Gasteiger partial charge in [-0.05, 0) is 60.9 Å². The Bertz CT molecular complexity index is 692. The molecular formula is C18H19ClO4. The lowest BCUT2D eigenvalue weighted by Gasteiger charge is -2.17. The summed E-state index contributed by atoms with van der Waals surface area (Å²) in [6.07, 6.45) is -0.866. The number of hydrogen-bond acceptors (Lipinski definition) is 3. The highest BCUT2D eigenvalue weighted by Crippen LogP contribution is 2.26. The predicted molar refractivity (Wildman–Crippen MR) is 89.7 cm³/mol. The fourth-order valence-corrected chi connectivity index (χ4v) is 2.65. The smallest absolute Gasteiger partial charge is 0.345 e. The van der Waals surface area contributed by atoms with Crippen LogP contribution in [0.1, 0.15) is 16.7 Å². The van der Waals surface area contributed by atoms with Crippen LogP contribution >= 0.6 is 11.6 Å². The normalized spacial score (nSPS) is 11.8. The number of aliphatic carboxylic acids is 1. The molecule has 0 spiro atoms. The Morgan fingerprint density at radius 2 is 1.83 bits per heavy atom. The second-order valence-electron chi connectivity index (χ2n) is 5.43. The van der Waals surface area contributed by atoms with E-state index in [4.69, 9.17) is 21.1 Å². The Hall–Kier alpha value is -2.20. The molecule has 0 bridgehead atoms. The van der Waals surface area contributed by atoms with Crippen molar-refractivity contribution in [3.05, 3.63) is 58.1 Å². The van der Waals surface area contributed by atoms with Crippen molar-refractivity contribution in [1.29, 1.82) is 0 Å². The number of hydrogen-bond donors (Lipinski definition) is 1. The Morgan fingerprint density at radius 3 is 2.39 bits per heavy atom. The van der Waals surface area contributed by atoms with Crippen LogP contribution in [0.4, 0.5) is 0 Å². The molecule has 2 aromatic rings. The number of aryl methyl sites for hydroxylation is 2. The number of carbonyl (C=O) groups is 1. The standard InChI is InChI=1S/C18H19ClO4/c1-11-6-12(2)8-15(7-11)23-17(18(20)21)10-13-9-14(19)4-5-16(13)22-3/h4-9,17H,10H2,1-3H3,(H,20,21)/t17-/m1/s1. The highest BCUT2D eigenvalue weighted by atomic mass is 35.5. The number of methoxy groups -OCH3 is 1. The summed E-state index contributed by atoms with van der Waals surface area (Å²) in [4.78, 5) is 11.6. The maximum absolute atomic E-state index is 11.6. The molecule has 0 aliphatic heterocycles. The quantitative estimate of drug-likeness (QED) is 0.866. The summed E-state index contributed by atoms with van der Waals surface area (Å²) in [6.45, 7) is 3.88. The molecule has 0 radical (unpaired) electrons. The van der Waals surface area contributed by atoms with Gasteiger partial charge in [0.1, 0.15) is 11.5 Å². The molecule has 0 aliphatic carbocycles. The molecule has 0 aliphatic rings. The fraction of sp³-hybridized carbons (Fsp3) is 0.278. The second kappa shape index (κ2) is 7.38. The second-order valence-corrected chi connectivity index (χ2v) is 5.86. The Kier molecular flexibility index (Phi) is 5.50. The molecule has 0 saturated heterocycles. The molecule has 0 amide bonds. The van der Waals surface area contributed by atoms with Crippen molar-refractivity contribution in [3.8, 4) is 11.5 Å². The molecule has 0 saturated carbocycles. The van der Waals surface area contributed by atoms with Gasteiger partial charge in [-0.2, -0.15) is 0 Å². The van der Waals surface area contributed by atoms with Crippen LogP contribution in [-0.4, -0.2) is 24.3 Å². The summed E-state index contributed by atoms with van der Waals surface area (Å²) in [5, 5.41) is 9.99. The van der Waals surface area contributed by atoms with Crippen molar-refractivity contribution in [1.82, 2.24) is 0 Å². The minimum absolute atomic E-state index is 0.159. The molecule has 1 atom stereocenters. The minimum atomic E-state index is -1.04. The first-order chi connectivity index (χ1) is 10.9. The van der Waals surface area contributed by atoms with E-state index in [-0.39, 0.29) is 6.42 Å². The molecule has 1 N–H and O–H groups in total. The van der Waals surface area contributed by atoms with Gasteiger partial charge in [0.15, 0.2) is 6.10 Å². The maximum Gasteiger partial charge on any atom is 0.345 e. The number of rotatable bonds is 6. The summed E-state index contributed by atoms with van der Waals surface area (Å²) in [6, 6.07) is 10.7. The largest absolute Gasteiger partial charge is 0.496 e. The van der Waals surface area contributed by atoms with E-state index < -0.39 is 12.1 Å². The topological polar surface area (TPSA) is 55.8 Å². The average Bonchev–Trinajstić information content (AvgIpc) is 2.45. The zero-order valence-electron chi connectivity index (χ0n) is 13.3. The number of carboxylic acids is 1. The van der Waals surface area contributed by atoms with E-state index in [0.29, 0.717) is 22.1 Å². The van der Waals surface area contributed by atoms with Gasteiger partial charge in [-0.25, -0.2) is 4.79 Å². The molecule has 0 aromatic heterocycles. The first-order valence-electron chi connectivity index (χ1n) is 7.19. The van der Waals surface area contributed by atoms with Crippen molar-refractivity contribution in [2.24, 2.45) is 0 Å². The highest BCUT2D eigenvalue weighted by molar-refractivity contribution is 6.30. The van der Waals surface area contributed by atoms with Gasteiger partial charge >= 0.3 is 5.97 Å². The van der Waals surface area contributed by atoms with Crippen LogP contribution in [-0.2, 0) is 11.2 Å². The Labute approximate surface area is 140 Å². The third-order valence-electron chi connectivity index (χ3n) is 3.40. The molecule has 5 heteroatoms. The average molecular weight is 335 g/mol. The van der Waals surface area contributed by atoms with Crippen LogP contribution in [0.3, 0.4) is 0 Å². The predicted octanol–water partition coefficient (Wildman–Crippen LogP) is 4.04. The van der Waals surface area contributed by atoms with Crippen LogP contribution in [0.2, 0.25) is 5.02 Å². The Balaban J connectivity index is 2.26. The van der Waals surface area contributed by atoms with Crippen molar-refractivity contribution in [2.45, 2.75) is 26.4 Å². The molecule has 0 unspecified atom stereocenters. The van der Waals surface area contributed by atoms with Gasteiger partial charge < -0.3 is 14.6 Å². The lowest BCUT2D eigenvalue weighted by atomic mass is 10.1. The van der Waals surface area contributed by atoms with Crippen LogP contribution in [0.15, 0.2) is 36.4 Å². The van der Waals surface area contributed by atoms with Gasteiger partial charge in [-0.3, -0.25) is 0 Å². The van der Waals surface area contributed by atoms with Gasteiger partial charge in [0, 0.05) is 11.4 Å². The molecule has 122 valence electrons. The van der Waals surface area contributed by atoms with Gasteiger partial charge in [0.25, 0.3) is 0 Å². The van der Waals surface area contributed by atoms with E-state index in [1.165, 1.54) is 7.11 Å². The van der Waals surface area contributed by atoms with Crippen LogP contribution in [0.25, 0.3) is 0 Å². The number of ether oxygens (including phenoxy) is 2. The molecule has 2 rings (SSSR count). The van der Waals surface area contributed by atoms with Crippen molar-refractivity contribution < 1.29 is 19.4 Å². The molecular weight excluding hydrogens is 316 g/mol. The van der Waals surface area contributed by atoms with E-state index >= 15 is 0 Å². The first-order valence-corrected chi connectivity index (χ1v) is 7.57. The molecule has 2 aromatic carbocycles. The summed E-state index contributed by atoms with van der Waals surface area (Å²) in [5.41, 5.74) is 2.73. The van der Waals surface area contributed by atoms with Gasteiger partial charge in [0.05, 0.1) is 7.11 Å². The fourth-order valence-electron chi connectivity index (χ4n) is 2.45. The maximum atomic E-state index is 11.6. The third kappa shape index (κ3) is 4.63. The van der Waals surface area contributed by atoms with Crippen molar-refractivity contribution in [2.75, 3.05) is 7.11 Å². The van der Waals surface area contributed by atoms with Crippen molar-refractivity contribution >= 4 is 17.6 Å². The summed E-state index contributed by atoms with van der Waals surface area (Å²) in [7, 11) is 1.54. The molecule has 23 heavy (non-hydrogen) atoms. The zero-order valence-corrected chi connectivity index (χ0v) is 14.1. The first kappa shape index (κ1) is 17.2. The monoisotopic (exact) mass is 334 g/mol. The Morgan fingerprint density at radius 1 is 1.17 bits per heavy atom. The van der Waals surface area contributed by atoms with E-state index in [1.807, 2.05) is 32.0 Å². The molecule has 4 nitrogen and oxygen atoms in total. The van der Waals surface area contributed by atoms with Crippen molar-refractivity contribution in [3.63, 3.8) is 0 Å². The van der Waals surface area contributed by atoms with Gasteiger partial charge in [0.2, 0.25) is 0 Å². The lowest BCUT2D eigenvalue weighted by molar-refractivity contribution is -0.145. The van der Waals surface area contributed by atoms with Gasteiger partial charge in [-0.1, -0.05) is 17.7 Å². The molecule has 0 fully saturated rings. The molecule has 0 heterocycles. The van der Waals surface area contributed by atoms with E-state index in [1.54, 1.807) is 18.2 Å². The summed E-state index contributed by atoms with van der Waals surface area (Å²) < 4.78 is 10.9. The number of halogens is 1. The van der Waals surface area contributed by atoms with Crippen LogP contribution < -0.4 is 9.47 Å². The summed E-state index contributed by atoms with van der Waals surface area (Å²) in [5.74, 6) is 0.0896. The zero-order chi connectivity index (χ0) is 17.0. The van der Waals surface area contributed by atoms with E-state index in [0.717, 1.165) is 11.1 Å².